The average molecular weight is 564 g/mol. The van der Waals surface area contributed by atoms with Crippen LogP contribution in [0.25, 0.3) is 0 Å². The summed E-state index contributed by atoms with van der Waals surface area (Å²) in [5.41, 5.74) is 1.89. The molecule has 1 aliphatic rings. The third-order valence-electron chi connectivity index (χ3n) is 4.72. The van der Waals surface area contributed by atoms with E-state index in [2.05, 4.69) is 27.5 Å². The quantitative estimate of drug-likeness (QED) is 0.279. The molecule has 0 atom stereocenters. The van der Waals surface area contributed by atoms with Gasteiger partial charge in [0.1, 0.15) is 0 Å². The van der Waals surface area contributed by atoms with Gasteiger partial charge in [-0.25, -0.2) is 13.4 Å². The number of guanidine groups is 1. The molecule has 0 radical (unpaired) electrons. The zero-order chi connectivity index (χ0) is 20.7. The highest BCUT2D eigenvalue weighted by atomic mass is 127. The number of fused-ring (bicyclic) bond motifs is 1. The Labute approximate surface area is 200 Å². The van der Waals surface area contributed by atoms with Gasteiger partial charge >= 0.3 is 0 Å². The molecule has 2 heterocycles. The van der Waals surface area contributed by atoms with Gasteiger partial charge in [0, 0.05) is 37.1 Å². The molecule has 0 fully saturated rings. The third-order valence-corrected chi connectivity index (χ3v) is 7.68. The lowest BCUT2D eigenvalue weighted by Gasteiger charge is -2.19. The van der Waals surface area contributed by atoms with Crippen LogP contribution in [0.15, 0.2) is 35.5 Å². The Balaban J connectivity index is 0.00000320. The van der Waals surface area contributed by atoms with Crippen LogP contribution in [-0.2, 0) is 29.3 Å². The second-order valence-corrected chi connectivity index (χ2v) is 9.99. The maximum absolute atomic E-state index is 12.8. The van der Waals surface area contributed by atoms with Crippen molar-refractivity contribution >= 4 is 57.0 Å². The number of rotatable bonds is 9. The summed E-state index contributed by atoms with van der Waals surface area (Å²) in [5.74, 6) is 0.626. The monoisotopic (exact) mass is 563 g/mol. The van der Waals surface area contributed by atoms with E-state index in [-0.39, 0.29) is 36.3 Å². The van der Waals surface area contributed by atoms with Crippen LogP contribution in [0.1, 0.15) is 29.3 Å². The standard InChI is InChI=1S/C20H29N5O2S2.HI/c1-3-17-15-24-19(28-17)9-11-22-20(21-4-2)23-12-14-29(26,27)25-13-10-16-7-5-6-8-18(16)25;/h5-8,15H,3-4,9-14H2,1-2H3,(H2,21,22,23);1H. The number of anilines is 1. The number of hydrogen-bond donors (Lipinski definition) is 2. The molecule has 1 aliphatic heterocycles. The summed E-state index contributed by atoms with van der Waals surface area (Å²) in [6.07, 6.45) is 4.52. The van der Waals surface area contributed by atoms with Gasteiger partial charge in [-0.05, 0) is 31.4 Å². The van der Waals surface area contributed by atoms with E-state index in [0.717, 1.165) is 42.1 Å². The van der Waals surface area contributed by atoms with E-state index >= 15 is 0 Å². The molecule has 0 unspecified atom stereocenters. The Bertz CT molecular complexity index is 946. The van der Waals surface area contributed by atoms with Crippen molar-refractivity contribution in [1.29, 1.82) is 0 Å². The van der Waals surface area contributed by atoms with Gasteiger partial charge in [-0.15, -0.1) is 35.3 Å². The lowest BCUT2D eigenvalue weighted by atomic mass is 10.2. The minimum Gasteiger partial charge on any atom is -0.357 e. The Kier molecular flexibility index (Phi) is 9.82. The molecule has 2 aromatic rings. The molecule has 30 heavy (non-hydrogen) atoms. The Morgan fingerprint density at radius 3 is 2.80 bits per heavy atom. The van der Waals surface area contributed by atoms with E-state index in [9.17, 15) is 8.42 Å². The summed E-state index contributed by atoms with van der Waals surface area (Å²) in [6, 6.07) is 7.69. The van der Waals surface area contributed by atoms with Gasteiger partial charge in [0.05, 0.1) is 23.0 Å². The number of benzene rings is 1. The number of sulfonamides is 1. The van der Waals surface area contributed by atoms with Crippen molar-refractivity contribution in [3.05, 3.63) is 45.9 Å². The number of halogens is 1. The van der Waals surface area contributed by atoms with E-state index in [1.54, 1.807) is 11.3 Å². The molecule has 0 amide bonds. The summed E-state index contributed by atoms with van der Waals surface area (Å²) in [7, 11) is -3.39. The fraction of sp³-hybridized carbons (Fsp3) is 0.500. The van der Waals surface area contributed by atoms with Crippen molar-refractivity contribution in [3.63, 3.8) is 0 Å². The molecule has 1 aromatic heterocycles. The largest absolute Gasteiger partial charge is 0.357 e. The van der Waals surface area contributed by atoms with Gasteiger partial charge in [-0.1, -0.05) is 25.1 Å². The predicted molar refractivity (Wildman–Crippen MR) is 136 cm³/mol. The van der Waals surface area contributed by atoms with E-state index < -0.39 is 10.0 Å². The first-order valence-electron chi connectivity index (χ1n) is 10.1. The molecule has 0 saturated heterocycles. The van der Waals surface area contributed by atoms with E-state index in [4.69, 9.17) is 0 Å². The zero-order valence-electron chi connectivity index (χ0n) is 17.4. The van der Waals surface area contributed by atoms with Crippen LogP contribution >= 0.6 is 35.3 Å². The highest BCUT2D eigenvalue weighted by Gasteiger charge is 2.28. The molecular weight excluding hydrogens is 533 g/mol. The van der Waals surface area contributed by atoms with E-state index in [1.165, 1.54) is 9.18 Å². The second-order valence-electron chi connectivity index (χ2n) is 6.78. The molecule has 2 N–H and O–H groups in total. The first-order valence-corrected chi connectivity index (χ1v) is 12.5. The summed E-state index contributed by atoms with van der Waals surface area (Å²) in [6.45, 7) is 6.26. The number of hydrogen-bond acceptors (Lipinski definition) is 5. The van der Waals surface area contributed by atoms with Gasteiger partial charge < -0.3 is 10.6 Å². The summed E-state index contributed by atoms with van der Waals surface area (Å²) >= 11 is 1.73. The maximum atomic E-state index is 12.8. The van der Waals surface area contributed by atoms with Gasteiger partial charge in [0.2, 0.25) is 10.0 Å². The summed E-state index contributed by atoms with van der Waals surface area (Å²) in [4.78, 5) is 10.2. The Hall–Kier alpha value is -1.40. The SMILES string of the molecule is CCNC(=NCCS(=O)(=O)N1CCc2ccccc21)NCCc1ncc(CC)s1.I. The van der Waals surface area contributed by atoms with Gasteiger partial charge in [-0.2, -0.15) is 0 Å². The highest BCUT2D eigenvalue weighted by Crippen LogP contribution is 2.29. The molecule has 166 valence electrons. The van der Waals surface area contributed by atoms with Gasteiger partial charge in [-0.3, -0.25) is 9.30 Å². The van der Waals surface area contributed by atoms with Crippen molar-refractivity contribution in [2.24, 2.45) is 4.99 Å². The fourth-order valence-corrected chi connectivity index (χ4v) is 5.49. The molecule has 0 bridgehead atoms. The van der Waals surface area contributed by atoms with Crippen LogP contribution in [0.3, 0.4) is 0 Å². The molecule has 0 saturated carbocycles. The maximum Gasteiger partial charge on any atom is 0.237 e. The van der Waals surface area contributed by atoms with Crippen LogP contribution in [0, 0.1) is 0 Å². The topological polar surface area (TPSA) is 86.7 Å². The third kappa shape index (κ3) is 6.55. The molecule has 0 aliphatic carbocycles. The molecule has 0 spiro atoms. The van der Waals surface area contributed by atoms with Crippen molar-refractivity contribution in [2.45, 2.75) is 33.1 Å². The highest BCUT2D eigenvalue weighted by molar-refractivity contribution is 14.0. The number of aliphatic imine (C=N–C) groups is 1. The minimum absolute atomic E-state index is 0. The lowest BCUT2D eigenvalue weighted by Crippen LogP contribution is -2.39. The van der Waals surface area contributed by atoms with Crippen molar-refractivity contribution in [2.75, 3.05) is 36.2 Å². The zero-order valence-corrected chi connectivity index (χ0v) is 21.4. The second kappa shape index (κ2) is 11.8. The Morgan fingerprint density at radius 1 is 1.27 bits per heavy atom. The number of para-hydroxylation sites is 1. The molecule has 1 aromatic carbocycles. The Morgan fingerprint density at radius 2 is 2.07 bits per heavy atom. The number of nitrogens with zero attached hydrogens (tertiary/aromatic N) is 3. The van der Waals surface area contributed by atoms with E-state index in [1.807, 2.05) is 37.4 Å². The van der Waals surface area contributed by atoms with Gasteiger partial charge in [0.25, 0.3) is 0 Å². The van der Waals surface area contributed by atoms with Crippen molar-refractivity contribution < 1.29 is 8.42 Å². The lowest BCUT2D eigenvalue weighted by molar-refractivity contribution is 0.592. The summed E-state index contributed by atoms with van der Waals surface area (Å²) < 4.78 is 27.1. The molecule has 7 nitrogen and oxygen atoms in total. The van der Waals surface area contributed by atoms with Crippen LogP contribution in [0.2, 0.25) is 0 Å². The molecular formula is C20H30IN5O2S2. The fourth-order valence-electron chi connectivity index (χ4n) is 3.24. The van der Waals surface area contributed by atoms with Crippen LogP contribution in [0.5, 0.6) is 0 Å². The predicted octanol–water partition coefficient (Wildman–Crippen LogP) is 2.81. The van der Waals surface area contributed by atoms with Crippen molar-refractivity contribution in [3.8, 4) is 0 Å². The van der Waals surface area contributed by atoms with E-state index in [0.29, 0.717) is 19.0 Å². The molecule has 10 heteroatoms. The average Bonchev–Trinajstić information content (AvgIpc) is 3.35. The van der Waals surface area contributed by atoms with Crippen LogP contribution in [-0.4, -0.2) is 51.3 Å². The number of nitrogens with one attached hydrogen (secondary N) is 2. The minimum atomic E-state index is -3.39. The smallest absolute Gasteiger partial charge is 0.237 e. The van der Waals surface area contributed by atoms with Gasteiger partial charge in [0.15, 0.2) is 5.96 Å². The van der Waals surface area contributed by atoms with Crippen LogP contribution < -0.4 is 14.9 Å². The normalized spacial score (nSPS) is 13.7. The van der Waals surface area contributed by atoms with Crippen LogP contribution in [0.4, 0.5) is 5.69 Å². The summed E-state index contributed by atoms with van der Waals surface area (Å²) in [5, 5.41) is 7.53. The first-order chi connectivity index (χ1) is 14.0. The first kappa shape index (κ1) is 24.9. The number of thiazole rings is 1. The molecule has 3 rings (SSSR count). The number of aromatic nitrogens is 1. The van der Waals surface area contributed by atoms with Crippen molar-refractivity contribution in [1.82, 2.24) is 15.6 Å². The number of aryl methyl sites for hydroxylation is 1.